The molecule has 0 amide bonds. The Bertz CT molecular complexity index is 707. The average Bonchev–Trinajstić information content (AvgIpc) is 2.91. The molecule has 20 heavy (non-hydrogen) atoms. The van der Waals surface area contributed by atoms with Crippen LogP contribution in [0.4, 0.5) is 0 Å². The molecular formula is C16H16N2O2. The highest BCUT2D eigenvalue weighted by Crippen LogP contribution is 2.24. The zero-order valence-corrected chi connectivity index (χ0v) is 11.2. The molecule has 4 heteroatoms. The van der Waals surface area contributed by atoms with Crippen molar-refractivity contribution in [1.82, 2.24) is 4.98 Å². The van der Waals surface area contributed by atoms with E-state index in [0.717, 1.165) is 11.3 Å². The quantitative estimate of drug-likeness (QED) is 0.790. The van der Waals surface area contributed by atoms with Gasteiger partial charge in [-0.3, -0.25) is 0 Å². The van der Waals surface area contributed by atoms with Crippen LogP contribution in [-0.4, -0.2) is 12.1 Å². The van der Waals surface area contributed by atoms with Crippen LogP contribution in [0.5, 0.6) is 5.75 Å². The van der Waals surface area contributed by atoms with E-state index in [1.807, 2.05) is 48.5 Å². The Kier molecular flexibility index (Phi) is 3.39. The molecule has 1 aromatic heterocycles. The summed E-state index contributed by atoms with van der Waals surface area (Å²) in [5.74, 6) is 1.30. The Balaban J connectivity index is 1.86. The maximum Gasteiger partial charge on any atom is 0.212 e. The molecule has 0 aliphatic rings. The van der Waals surface area contributed by atoms with Crippen molar-refractivity contribution in [2.75, 3.05) is 7.11 Å². The van der Waals surface area contributed by atoms with E-state index in [1.165, 1.54) is 5.56 Å². The predicted octanol–water partition coefficient (Wildman–Crippen LogP) is 3.08. The maximum absolute atomic E-state index is 6.17. The zero-order chi connectivity index (χ0) is 13.9. The predicted molar refractivity (Wildman–Crippen MR) is 77.6 cm³/mol. The highest BCUT2D eigenvalue weighted by atomic mass is 16.5. The number of benzene rings is 2. The summed E-state index contributed by atoms with van der Waals surface area (Å²) in [5.41, 5.74) is 8.83. The summed E-state index contributed by atoms with van der Waals surface area (Å²) in [5, 5.41) is 0. The Morgan fingerprint density at radius 1 is 1.20 bits per heavy atom. The fourth-order valence-corrected chi connectivity index (χ4v) is 2.16. The van der Waals surface area contributed by atoms with Gasteiger partial charge >= 0.3 is 0 Å². The summed E-state index contributed by atoms with van der Waals surface area (Å²) in [4.78, 5) is 4.44. The second kappa shape index (κ2) is 5.35. The largest absolute Gasteiger partial charge is 0.497 e. The van der Waals surface area contributed by atoms with Crippen molar-refractivity contribution >= 4 is 11.1 Å². The Labute approximate surface area is 117 Å². The molecule has 1 heterocycles. The van der Waals surface area contributed by atoms with Gasteiger partial charge in [0.2, 0.25) is 5.89 Å². The molecular weight excluding hydrogens is 252 g/mol. The first kappa shape index (κ1) is 12.7. The van der Waals surface area contributed by atoms with Crippen LogP contribution in [0, 0.1) is 0 Å². The lowest BCUT2D eigenvalue weighted by molar-refractivity contribution is 0.413. The van der Waals surface area contributed by atoms with Gasteiger partial charge in [0.15, 0.2) is 5.58 Å². The third kappa shape index (κ3) is 2.51. The van der Waals surface area contributed by atoms with Crippen LogP contribution in [0.25, 0.3) is 11.1 Å². The van der Waals surface area contributed by atoms with E-state index >= 15 is 0 Å². The molecule has 1 unspecified atom stereocenters. The molecule has 2 aromatic carbocycles. The van der Waals surface area contributed by atoms with Crippen LogP contribution in [0.15, 0.2) is 52.9 Å². The molecule has 2 N–H and O–H groups in total. The Morgan fingerprint density at radius 2 is 2.00 bits per heavy atom. The van der Waals surface area contributed by atoms with E-state index in [9.17, 15) is 0 Å². The van der Waals surface area contributed by atoms with Crippen LogP contribution in [-0.2, 0) is 6.42 Å². The first-order valence-electron chi connectivity index (χ1n) is 6.50. The lowest BCUT2D eigenvalue weighted by Gasteiger charge is -2.06. The molecule has 0 aliphatic heterocycles. The second-order valence-corrected chi connectivity index (χ2v) is 4.68. The first-order chi connectivity index (χ1) is 9.76. The molecule has 0 saturated carbocycles. The number of hydrogen-bond acceptors (Lipinski definition) is 4. The zero-order valence-electron chi connectivity index (χ0n) is 11.2. The second-order valence-electron chi connectivity index (χ2n) is 4.68. The molecule has 0 aliphatic carbocycles. The minimum Gasteiger partial charge on any atom is -0.497 e. The van der Waals surface area contributed by atoms with Crippen molar-refractivity contribution in [3.63, 3.8) is 0 Å². The number of ether oxygens (including phenoxy) is 1. The third-order valence-electron chi connectivity index (χ3n) is 3.23. The van der Waals surface area contributed by atoms with Gasteiger partial charge in [0, 0.05) is 6.07 Å². The minimum atomic E-state index is -0.254. The Morgan fingerprint density at radius 3 is 2.75 bits per heavy atom. The van der Waals surface area contributed by atoms with Gasteiger partial charge in [-0.2, -0.15) is 0 Å². The highest BCUT2D eigenvalue weighted by molar-refractivity contribution is 5.74. The Hall–Kier alpha value is -2.33. The minimum absolute atomic E-state index is 0.254. The van der Waals surface area contributed by atoms with Crippen molar-refractivity contribution in [3.8, 4) is 5.75 Å². The summed E-state index contributed by atoms with van der Waals surface area (Å²) >= 11 is 0. The molecule has 0 radical (unpaired) electrons. The molecule has 3 aromatic rings. The van der Waals surface area contributed by atoms with Crippen molar-refractivity contribution in [1.29, 1.82) is 0 Å². The molecule has 0 saturated heterocycles. The number of nitrogens with zero attached hydrogens (tertiary/aromatic N) is 1. The lowest BCUT2D eigenvalue weighted by Crippen LogP contribution is -2.13. The standard InChI is InChI=1S/C16H16N2O2/c1-19-12-7-8-14-15(10-12)20-16(18-14)13(17)9-11-5-3-2-4-6-11/h2-8,10,13H,9,17H2,1H3. The van der Waals surface area contributed by atoms with Gasteiger partial charge in [-0.05, 0) is 24.1 Å². The summed E-state index contributed by atoms with van der Waals surface area (Å²) in [6.45, 7) is 0. The summed E-state index contributed by atoms with van der Waals surface area (Å²) in [6.07, 6.45) is 0.699. The molecule has 0 bridgehead atoms. The van der Waals surface area contributed by atoms with Gasteiger partial charge in [0.1, 0.15) is 11.3 Å². The molecule has 0 spiro atoms. The average molecular weight is 268 g/mol. The fraction of sp³-hybridized carbons (Fsp3) is 0.188. The van der Waals surface area contributed by atoms with Crippen LogP contribution in [0.1, 0.15) is 17.5 Å². The lowest BCUT2D eigenvalue weighted by atomic mass is 10.1. The van der Waals surface area contributed by atoms with Crippen molar-refractivity contribution in [2.24, 2.45) is 5.73 Å². The van der Waals surface area contributed by atoms with E-state index in [-0.39, 0.29) is 6.04 Å². The smallest absolute Gasteiger partial charge is 0.212 e. The summed E-state index contributed by atoms with van der Waals surface area (Å²) in [6, 6.07) is 15.4. The number of nitrogens with two attached hydrogens (primary N) is 1. The summed E-state index contributed by atoms with van der Waals surface area (Å²) < 4.78 is 10.9. The van der Waals surface area contributed by atoms with Crippen LogP contribution < -0.4 is 10.5 Å². The number of methoxy groups -OCH3 is 1. The maximum atomic E-state index is 6.17. The van der Waals surface area contributed by atoms with Gasteiger partial charge < -0.3 is 14.9 Å². The number of rotatable bonds is 4. The molecule has 4 nitrogen and oxygen atoms in total. The fourth-order valence-electron chi connectivity index (χ4n) is 2.16. The molecule has 102 valence electrons. The van der Waals surface area contributed by atoms with Crippen molar-refractivity contribution < 1.29 is 9.15 Å². The van der Waals surface area contributed by atoms with E-state index in [4.69, 9.17) is 14.9 Å². The monoisotopic (exact) mass is 268 g/mol. The number of oxazole rings is 1. The molecule has 3 rings (SSSR count). The van der Waals surface area contributed by atoms with Crippen molar-refractivity contribution in [2.45, 2.75) is 12.5 Å². The first-order valence-corrected chi connectivity index (χ1v) is 6.50. The summed E-state index contributed by atoms with van der Waals surface area (Å²) in [7, 11) is 1.62. The SMILES string of the molecule is COc1ccc2nc(C(N)Cc3ccccc3)oc2c1. The third-order valence-corrected chi connectivity index (χ3v) is 3.23. The normalized spacial score (nSPS) is 12.5. The van der Waals surface area contributed by atoms with E-state index in [1.54, 1.807) is 7.11 Å². The highest BCUT2D eigenvalue weighted by Gasteiger charge is 2.15. The van der Waals surface area contributed by atoms with Crippen LogP contribution in [0.2, 0.25) is 0 Å². The topological polar surface area (TPSA) is 61.3 Å². The molecule has 1 atom stereocenters. The van der Waals surface area contributed by atoms with Gasteiger partial charge in [-0.15, -0.1) is 0 Å². The number of fused-ring (bicyclic) bond motifs is 1. The van der Waals surface area contributed by atoms with E-state index in [0.29, 0.717) is 17.9 Å². The van der Waals surface area contributed by atoms with E-state index in [2.05, 4.69) is 4.98 Å². The van der Waals surface area contributed by atoms with Gasteiger partial charge in [-0.1, -0.05) is 30.3 Å². The van der Waals surface area contributed by atoms with Gasteiger partial charge in [0.05, 0.1) is 13.2 Å². The van der Waals surface area contributed by atoms with Gasteiger partial charge in [0.25, 0.3) is 0 Å². The van der Waals surface area contributed by atoms with Crippen LogP contribution >= 0.6 is 0 Å². The van der Waals surface area contributed by atoms with Gasteiger partial charge in [-0.25, -0.2) is 4.98 Å². The van der Waals surface area contributed by atoms with Crippen LogP contribution in [0.3, 0.4) is 0 Å². The number of hydrogen-bond donors (Lipinski definition) is 1. The molecule has 0 fully saturated rings. The number of aromatic nitrogens is 1. The van der Waals surface area contributed by atoms with Crippen molar-refractivity contribution in [3.05, 3.63) is 60.0 Å². The van der Waals surface area contributed by atoms with E-state index < -0.39 is 0 Å².